The second-order valence-corrected chi connectivity index (χ2v) is 3.38. The van der Waals surface area contributed by atoms with Gasteiger partial charge in [0.25, 0.3) is 0 Å². The van der Waals surface area contributed by atoms with Crippen molar-refractivity contribution in [3.63, 3.8) is 0 Å². The molecule has 0 saturated heterocycles. The number of nitrogens with two attached hydrogens (primary N) is 1. The van der Waals surface area contributed by atoms with Crippen LogP contribution in [-0.4, -0.2) is 33.7 Å². The third kappa shape index (κ3) is 2.84. The standard InChI is InChI=1S/C12H19N3O3/c1-5-14-12(15-13)8-6-9(16-2)11(18-4)10(7-8)17-3/h6-7H,5,13H2,1-4H3,(H,14,15). The van der Waals surface area contributed by atoms with E-state index in [0.29, 0.717) is 29.6 Å². The Morgan fingerprint density at radius 3 is 2.06 bits per heavy atom. The molecule has 6 nitrogen and oxygen atoms in total. The molecule has 0 unspecified atom stereocenters. The van der Waals surface area contributed by atoms with Crippen LogP contribution in [0.3, 0.4) is 0 Å². The van der Waals surface area contributed by atoms with Crippen LogP contribution in [0, 0.1) is 0 Å². The van der Waals surface area contributed by atoms with E-state index in [4.69, 9.17) is 20.1 Å². The van der Waals surface area contributed by atoms with Crippen LogP contribution in [0.15, 0.2) is 17.1 Å². The molecule has 0 atom stereocenters. The maximum atomic E-state index is 5.45. The van der Waals surface area contributed by atoms with Gasteiger partial charge in [-0.25, -0.2) is 5.84 Å². The van der Waals surface area contributed by atoms with Crippen molar-refractivity contribution in [3.8, 4) is 17.2 Å². The van der Waals surface area contributed by atoms with Crippen LogP contribution in [0.5, 0.6) is 17.2 Å². The molecule has 3 N–H and O–H groups in total. The fourth-order valence-electron chi connectivity index (χ4n) is 1.60. The first-order valence-corrected chi connectivity index (χ1v) is 5.53. The van der Waals surface area contributed by atoms with Crippen molar-refractivity contribution in [2.24, 2.45) is 10.8 Å². The highest BCUT2D eigenvalue weighted by molar-refractivity contribution is 5.99. The molecular formula is C12H19N3O3. The first-order chi connectivity index (χ1) is 8.71. The molecule has 0 amide bonds. The Labute approximate surface area is 107 Å². The van der Waals surface area contributed by atoms with E-state index in [1.807, 2.05) is 6.92 Å². The molecule has 0 aliphatic rings. The summed E-state index contributed by atoms with van der Waals surface area (Å²) in [5.74, 6) is 7.68. The number of hydrazine groups is 1. The molecule has 0 aliphatic heterocycles. The topological polar surface area (TPSA) is 78.1 Å². The molecule has 0 heterocycles. The average molecular weight is 253 g/mol. The Morgan fingerprint density at radius 2 is 1.72 bits per heavy atom. The average Bonchev–Trinajstić information content (AvgIpc) is 2.42. The maximum absolute atomic E-state index is 5.45. The van der Waals surface area contributed by atoms with Crippen molar-refractivity contribution in [2.45, 2.75) is 6.92 Å². The summed E-state index contributed by atoms with van der Waals surface area (Å²) < 4.78 is 15.8. The number of hydrogen-bond donors (Lipinski definition) is 2. The van der Waals surface area contributed by atoms with Gasteiger partial charge < -0.3 is 19.6 Å². The van der Waals surface area contributed by atoms with Crippen molar-refractivity contribution in [1.82, 2.24) is 5.43 Å². The van der Waals surface area contributed by atoms with Crippen LogP contribution in [0.1, 0.15) is 12.5 Å². The van der Waals surface area contributed by atoms with Gasteiger partial charge in [-0.3, -0.25) is 4.99 Å². The number of ether oxygens (including phenoxy) is 3. The summed E-state index contributed by atoms with van der Waals surface area (Å²) in [6.45, 7) is 2.55. The van der Waals surface area contributed by atoms with Gasteiger partial charge in [0.15, 0.2) is 11.5 Å². The summed E-state index contributed by atoms with van der Waals surface area (Å²) in [5.41, 5.74) is 3.33. The molecule has 100 valence electrons. The molecule has 1 rings (SSSR count). The summed E-state index contributed by atoms with van der Waals surface area (Å²) in [4.78, 5) is 4.25. The zero-order valence-corrected chi connectivity index (χ0v) is 11.1. The van der Waals surface area contributed by atoms with Crippen LogP contribution in [0.25, 0.3) is 0 Å². The summed E-state index contributed by atoms with van der Waals surface area (Å²) in [6.07, 6.45) is 0. The Kier molecular flexibility index (Phi) is 5.26. The van der Waals surface area contributed by atoms with E-state index >= 15 is 0 Å². The van der Waals surface area contributed by atoms with Gasteiger partial charge in [0.2, 0.25) is 5.75 Å². The number of aliphatic imine (C=N–C) groups is 1. The van der Waals surface area contributed by atoms with E-state index < -0.39 is 0 Å². The van der Waals surface area contributed by atoms with E-state index in [1.165, 1.54) is 0 Å². The fraction of sp³-hybridized carbons (Fsp3) is 0.417. The summed E-state index contributed by atoms with van der Waals surface area (Å²) in [6, 6.07) is 3.57. The van der Waals surface area contributed by atoms with Crippen LogP contribution in [-0.2, 0) is 0 Å². The lowest BCUT2D eigenvalue weighted by Crippen LogP contribution is -2.31. The zero-order chi connectivity index (χ0) is 13.5. The largest absolute Gasteiger partial charge is 0.493 e. The minimum Gasteiger partial charge on any atom is -0.493 e. The van der Waals surface area contributed by atoms with Crippen molar-refractivity contribution in [2.75, 3.05) is 27.9 Å². The lowest BCUT2D eigenvalue weighted by Gasteiger charge is -2.14. The van der Waals surface area contributed by atoms with Crippen LogP contribution in [0.4, 0.5) is 0 Å². The molecule has 0 bridgehead atoms. The summed E-state index contributed by atoms with van der Waals surface area (Å²) >= 11 is 0. The van der Waals surface area contributed by atoms with Gasteiger partial charge in [0.05, 0.1) is 21.3 Å². The first kappa shape index (κ1) is 14.1. The van der Waals surface area contributed by atoms with Gasteiger partial charge in [0.1, 0.15) is 5.84 Å². The quantitative estimate of drug-likeness (QED) is 0.353. The molecule has 6 heteroatoms. The number of benzene rings is 1. The molecule has 0 spiro atoms. The molecule has 1 aromatic rings. The van der Waals surface area contributed by atoms with Crippen molar-refractivity contribution in [1.29, 1.82) is 0 Å². The van der Waals surface area contributed by atoms with E-state index in [2.05, 4.69) is 10.4 Å². The highest BCUT2D eigenvalue weighted by atomic mass is 16.5. The number of amidine groups is 1. The van der Waals surface area contributed by atoms with Crippen molar-refractivity contribution >= 4 is 5.84 Å². The van der Waals surface area contributed by atoms with E-state index in [1.54, 1.807) is 33.5 Å². The normalized spacial score (nSPS) is 11.1. The van der Waals surface area contributed by atoms with Gasteiger partial charge in [-0.15, -0.1) is 0 Å². The van der Waals surface area contributed by atoms with Gasteiger partial charge in [-0.1, -0.05) is 0 Å². The summed E-state index contributed by atoms with van der Waals surface area (Å²) in [5, 5.41) is 0. The lowest BCUT2D eigenvalue weighted by molar-refractivity contribution is 0.324. The van der Waals surface area contributed by atoms with Gasteiger partial charge in [-0.05, 0) is 19.1 Å². The Hall–Kier alpha value is -1.95. The van der Waals surface area contributed by atoms with Crippen LogP contribution < -0.4 is 25.5 Å². The first-order valence-electron chi connectivity index (χ1n) is 5.53. The monoisotopic (exact) mass is 253 g/mol. The van der Waals surface area contributed by atoms with Crippen LogP contribution in [0.2, 0.25) is 0 Å². The third-order valence-corrected chi connectivity index (χ3v) is 2.39. The molecule has 0 saturated carbocycles. The number of methoxy groups -OCH3 is 3. The maximum Gasteiger partial charge on any atom is 0.203 e. The number of nitrogens with one attached hydrogen (secondary N) is 1. The molecule has 1 aromatic carbocycles. The predicted octanol–water partition coefficient (Wildman–Crippen LogP) is 0.942. The smallest absolute Gasteiger partial charge is 0.203 e. The fourth-order valence-corrected chi connectivity index (χ4v) is 1.60. The Balaban J connectivity index is 3.34. The minimum absolute atomic E-state index is 0.539. The van der Waals surface area contributed by atoms with Gasteiger partial charge in [-0.2, -0.15) is 0 Å². The molecule has 0 aromatic heterocycles. The van der Waals surface area contributed by atoms with Crippen molar-refractivity contribution < 1.29 is 14.2 Å². The molecule has 18 heavy (non-hydrogen) atoms. The molecular weight excluding hydrogens is 234 g/mol. The number of rotatable bonds is 5. The Bertz CT molecular complexity index is 408. The van der Waals surface area contributed by atoms with Crippen LogP contribution >= 0.6 is 0 Å². The number of hydrogen-bond acceptors (Lipinski definition) is 5. The third-order valence-electron chi connectivity index (χ3n) is 2.39. The second kappa shape index (κ2) is 6.70. The van der Waals surface area contributed by atoms with Crippen molar-refractivity contribution in [3.05, 3.63) is 17.7 Å². The molecule has 0 radical (unpaired) electrons. The van der Waals surface area contributed by atoms with Gasteiger partial charge in [0, 0.05) is 12.1 Å². The predicted molar refractivity (Wildman–Crippen MR) is 70.5 cm³/mol. The lowest BCUT2D eigenvalue weighted by atomic mass is 10.1. The SMILES string of the molecule is CCN=C(NN)c1cc(OC)c(OC)c(OC)c1. The number of nitrogens with zero attached hydrogens (tertiary/aromatic N) is 1. The molecule has 0 aliphatic carbocycles. The minimum atomic E-state index is 0.539. The van der Waals surface area contributed by atoms with E-state index in [9.17, 15) is 0 Å². The second-order valence-electron chi connectivity index (χ2n) is 3.38. The van der Waals surface area contributed by atoms with Gasteiger partial charge >= 0.3 is 0 Å². The Morgan fingerprint density at radius 1 is 1.17 bits per heavy atom. The summed E-state index contributed by atoms with van der Waals surface area (Å²) in [7, 11) is 4.68. The van der Waals surface area contributed by atoms with E-state index in [-0.39, 0.29) is 0 Å². The highest BCUT2D eigenvalue weighted by Gasteiger charge is 2.15. The highest BCUT2D eigenvalue weighted by Crippen LogP contribution is 2.38. The molecule has 0 fully saturated rings. The van der Waals surface area contributed by atoms with E-state index in [0.717, 1.165) is 5.56 Å². The zero-order valence-electron chi connectivity index (χ0n) is 11.1.